The van der Waals surface area contributed by atoms with E-state index in [1.165, 1.54) is 0 Å². The van der Waals surface area contributed by atoms with Crippen molar-refractivity contribution in [3.63, 3.8) is 0 Å². The van der Waals surface area contributed by atoms with Crippen molar-refractivity contribution in [3.8, 4) is 0 Å². The Hall–Kier alpha value is 0.554. The van der Waals surface area contributed by atoms with Crippen LogP contribution in [0.25, 0.3) is 0 Å². The van der Waals surface area contributed by atoms with Crippen LogP contribution in [0.3, 0.4) is 0 Å². The summed E-state index contributed by atoms with van der Waals surface area (Å²) >= 11 is -3.03. The molecular formula is C11H27NO3Ti. The summed E-state index contributed by atoms with van der Waals surface area (Å²) in [6, 6.07) is 0. The standard InChI is InChI=1S/C5H12N.3C2H5O.Ti/c1-4-6(3)5-2;3*1-2-3;/h3-5H2,1-2H3;3*2H2,1H3;/q;3*-1;+3. The first kappa shape index (κ1) is 16.6. The summed E-state index contributed by atoms with van der Waals surface area (Å²) in [6.45, 7) is 14.3. The molecule has 0 aliphatic carbocycles. The molecule has 0 amide bonds. The Kier molecular flexibility index (Phi) is 9.90. The van der Waals surface area contributed by atoms with Crippen molar-refractivity contribution in [1.82, 2.24) is 4.90 Å². The quantitative estimate of drug-likeness (QED) is 0.569. The van der Waals surface area contributed by atoms with Gasteiger partial charge in [0.25, 0.3) is 0 Å². The first-order valence-electron chi connectivity index (χ1n) is 6.32. The van der Waals surface area contributed by atoms with Crippen LogP contribution >= 0.6 is 0 Å². The minimum atomic E-state index is -3.03. The molecule has 0 aliphatic rings. The van der Waals surface area contributed by atoms with Crippen molar-refractivity contribution in [2.24, 2.45) is 0 Å². The second-order valence-corrected chi connectivity index (χ2v) is 7.42. The van der Waals surface area contributed by atoms with Crippen molar-refractivity contribution in [3.05, 3.63) is 0 Å². The van der Waals surface area contributed by atoms with E-state index in [0.29, 0.717) is 19.8 Å². The molecule has 0 heterocycles. The van der Waals surface area contributed by atoms with Gasteiger partial charge in [0.1, 0.15) is 0 Å². The van der Waals surface area contributed by atoms with Gasteiger partial charge in [0.2, 0.25) is 0 Å². The van der Waals surface area contributed by atoms with Crippen LogP contribution in [0, 0.1) is 0 Å². The van der Waals surface area contributed by atoms with Crippen LogP contribution in [0.1, 0.15) is 34.6 Å². The van der Waals surface area contributed by atoms with Crippen molar-refractivity contribution in [2.75, 3.05) is 37.8 Å². The Labute approximate surface area is 105 Å². The first-order valence-corrected chi connectivity index (χ1v) is 9.33. The summed E-state index contributed by atoms with van der Waals surface area (Å²) in [4.78, 5) is 3.16. The number of rotatable bonds is 10. The van der Waals surface area contributed by atoms with E-state index in [4.69, 9.17) is 9.96 Å². The molecule has 0 aromatic rings. The zero-order chi connectivity index (χ0) is 12.4. The molecule has 98 valence electrons. The fraction of sp³-hybridized carbons (Fsp3) is 1.00. The molecule has 0 fully saturated rings. The predicted octanol–water partition coefficient (Wildman–Crippen LogP) is 2.29. The van der Waals surface area contributed by atoms with Crippen molar-refractivity contribution in [2.45, 2.75) is 34.6 Å². The topological polar surface area (TPSA) is 30.9 Å². The Morgan fingerprint density at radius 3 is 1.38 bits per heavy atom. The van der Waals surface area contributed by atoms with E-state index in [1.807, 2.05) is 20.8 Å². The van der Waals surface area contributed by atoms with E-state index < -0.39 is 17.8 Å². The third-order valence-electron chi connectivity index (χ3n) is 2.40. The molecule has 0 radical (unpaired) electrons. The monoisotopic (exact) mass is 269 g/mol. The van der Waals surface area contributed by atoms with E-state index in [1.54, 1.807) is 0 Å². The van der Waals surface area contributed by atoms with Gasteiger partial charge in [-0.15, -0.1) is 0 Å². The second-order valence-electron chi connectivity index (χ2n) is 3.44. The van der Waals surface area contributed by atoms with E-state index in [2.05, 4.69) is 18.7 Å². The molecule has 0 rings (SSSR count). The van der Waals surface area contributed by atoms with E-state index in [0.717, 1.165) is 17.9 Å². The molecule has 0 unspecified atom stereocenters. The summed E-state index contributed by atoms with van der Waals surface area (Å²) in [5.74, 6) is 0. The molecule has 4 nitrogen and oxygen atoms in total. The van der Waals surface area contributed by atoms with Gasteiger partial charge < -0.3 is 0 Å². The first-order chi connectivity index (χ1) is 7.67. The van der Waals surface area contributed by atoms with Gasteiger partial charge in [0.15, 0.2) is 0 Å². The minimum absolute atomic E-state index is 0.668. The fourth-order valence-corrected chi connectivity index (χ4v) is 6.07. The number of hydrogen-bond acceptors (Lipinski definition) is 4. The maximum absolute atomic E-state index is 5.85. The Morgan fingerprint density at radius 1 is 0.750 bits per heavy atom. The van der Waals surface area contributed by atoms with Gasteiger partial charge in [-0.1, -0.05) is 0 Å². The molecule has 0 N–H and O–H groups in total. The van der Waals surface area contributed by atoms with Gasteiger partial charge in [-0.2, -0.15) is 0 Å². The molecule has 0 atom stereocenters. The summed E-state index contributed by atoms with van der Waals surface area (Å²) in [5.41, 5.74) is 0. The van der Waals surface area contributed by atoms with Crippen LogP contribution in [0.5, 0.6) is 0 Å². The zero-order valence-corrected chi connectivity index (χ0v) is 13.0. The van der Waals surface area contributed by atoms with E-state index >= 15 is 0 Å². The molecule has 0 spiro atoms. The molecular weight excluding hydrogens is 242 g/mol. The van der Waals surface area contributed by atoms with Crippen LogP contribution in [0.4, 0.5) is 0 Å². The van der Waals surface area contributed by atoms with Gasteiger partial charge >= 0.3 is 105 Å². The average Bonchev–Trinajstić information content (AvgIpc) is 2.27. The Bertz CT molecular complexity index is 148. The van der Waals surface area contributed by atoms with Crippen molar-refractivity contribution >= 4 is 0 Å². The van der Waals surface area contributed by atoms with Gasteiger partial charge in [0.05, 0.1) is 0 Å². The summed E-state index contributed by atoms with van der Waals surface area (Å²) in [7, 11) is 0. The molecule has 16 heavy (non-hydrogen) atoms. The van der Waals surface area contributed by atoms with Gasteiger partial charge in [-0.05, 0) is 0 Å². The van der Waals surface area contributed by atoms with Gasteiger partial charge in [-0.3, -0.25) is 0 Å². The maximum atomic E-state index is 5.85. The van der Waals surface area contributed by atoms with Crippen LogP contribution in [0.15, 0.2) is 0 Å². The molecule has 0 saturated heterocycles. The molecule has 0 aromatic heterocycles. The normalized spacial score (nSPS) is 12.4. The third-order valence-corrected chi connectivity index (χ3v) is 7.12. The Morgan fingerprint density at radius 2 is 1.12 bits per heavy atom. The average molecular weight is 269 g/mol. The summed E-state index contributed by atoms with van der Waals surface area (Å²) in [6.07, 6.45) is 0. The number of nitrogens with zero attached hydrogens (tertiary/aromatic N) is 1. The number of hydrogen-bond donors (Lipinski definition) is 0. The van der Waals surface area contributed by atoms with Crippen LogP contribution in [-0.4, -0.2) is 42.7 Å². The summed E-state index contributed by atoms with van der Waals surface area (Å²) < 4.78 is 17.5. The van der Waals surface area contributed by atoms with E-state index in [9.17, 15) is 0 Å². The van der Waals surface area contributed by atoms with Gasteiger partial charge in [-0.25, -0.2) is 0 Å². The molecule has 0 bridgehead atoms. The molecule has 5 heteroatoms. The Balaban J connectivity index is 4.56. The van der Waals surface area contributed by atoms with Crippen LogP contribution < -0.4 is 0 Å². The molecule has 0 saturated carbocycles. The van der Waals surface area contributed by atoms with Crippen LogP contribution in [0.2, 0.25) is 0 Å². The molecule has 0 aliphatic heterocycles. The van der Waals surface area contributed by atoms with Gasteiger partial charge in [0, 0.05) is 0 Å². The van der Waals surface area contributed by atoms with Crippen LogP contribution in [-0.2, 0) is 27.7 Å². The SMILES string of the molecule is CC[O][Ti]([CH2]N(CC)CC)([O]CC)[O]CC. The van der Waals surface area contributed by atoms with Crippen molar-refractivity contribution < 1.29 is 27.7 Å². The zero-order valence-electron chi connectivity index (χ0n) is 11.4. The summed E-state index contributed by atoms with van der Waals surface area (Å²) in [5, 5.41) is 0. The third kappa shape index (κ3) is 5.76. The van der Waals surface area contributed by atoms with Crippen molar-refractivity contribution in [1.29, 1.82) is 0 Å². The van der Waals surface area contributed by atoms with E-state index in [-0.39, 0.29) is 0 Å². The predicted molar refractivity (Wildman–Crippen MR) is 62.7 cm³/mol. The fourth-order valence-electron chi connectivity index (χ4n) is 1.64. The molecule has 0 aromatic carbocycles. The second kappa shape index (κ2) is 9.57.